The van der Waals surface area contributed by atoms with E-state index in [2.05, 4.69) is 20.6 Å². The van der Waals surface area contributed by atoms with Gasteiger partial charge in [0.25, 0.3) is 0 Å². The zero-order valence-electron chi connectivity index (χ0n) is 18.3. The Balaban J connectivity index is 1.55. The SMILES string of the molecule is CC(C)(CCCC(=O)N1CCc2c(n(Cc3ccc(Cl)nc3)c3ncccc23)C1)C(=O)O. The Bertz CT molecular complexity index is 1150. The number of hydrogen-bond donors (Lipinski definition) is 1. The molecule has 1 N–H and O–H groups in total. The van der Waals surface area contributed by atoms with Gasteiger partial charge in [-0.1, -0.05) is 17.7 Å². The highest BCUT2D eigenvalue weighted by Crippen LogP contribution is 2.31. The van der Waals surface area contributed by atoms with Gasteiger partial charge in [-0.3, -0.25) is 9.59 Å². The summed E-state index contributed by atoms with van der Waals surface area (Å²) in [4.78, 5) is 34.9. The monoisotopic (exact) mass is 454 g/mol. The number of carboxylic acid groups (broad SMARTS) is 1. The second-order valence-corrected chi connectivity index (χ2v) is 9.37. The van der Waals surface area contributed by atoms with Crippen LogP contribution in [0.4, 0.5) is 0 Å². The highest BCUT2D eigenvalue weighted by molar-refractivity contribution is 6.29. The van der Waals surface area contributed by atoms with Crippen molar-refractivity contribution in [3.05, 3.63) is 58.6 Å². The average Bonchev–Trinajstić information content (AvgIpc) is 3.08. The molecule has 8 heteroatoms. The van der Waals surface area contributed by atoms with Gasteiger partial charge in [0.2, 0.25) is 5.91 Å². The Labute approximate surface area is 192 Å². The van der Waals surface area contributed by atoms with Crippen LogP contribution in [-0.2, 0) is 29.1 Å². The van der Waals surface area contributed by atoms with Crippen LogP contribution in [0.25, 0.3) is 11.0 Å². The molecule has 4 heterocycles. The van der Waals surface area contributed by atoms with Gasteiger partial charge in [0.1, 0.15) is 10.8 Å². The van der Waals surface area contributed by atoms with Gasteiger partial charge in [-0.2, -0.15) is 0 Å². The van der Waals surface area contributed by atoms with Crippen molar-refractivity contribution in [3.63, 3.8) is 0 Å². The van der Waals surface area contributed by atoms with Crippen LogP contribution in [0, 0.1) is 5.41 Å². The lowest BCUT2D eigenvalue weighted by Crippen LogP contribution is -2.36. The van der Waals surface area contributed by atoms with Gasteiger partial charge in [0.15, 0.2) is 0 Å². The first-order chi connectivity index (χ1) is 15.3. The molecule has 0 bridgehead atoms. The predicted molar refractivity (Wildman–Crippen MR) is 122 cm³/mol. The number of carboxylic acids is 1. The van der Waals surface area contributed by atoms with E-state index in [1.165, 1.54) is 5.56 Å². The van der Waals surface area contributed by atoms with E-state index in [1.807, 2.05) is 17.0 Å². The van der Waals surface area contributed by atoms with Gasteiger partial charge in [-0.15, -0.1) is 0 Å². The van der Waals surface area contributed by atoms with Crippen LogP contribution >= 0.6 is 11.6 Å². The summed E-state index contributed by atoms with van der Waals surface area (Å²) in [6.45, 7) is 5.18. The second kappa shape index (κ2) is 8.90. The Kier molecular flexibility index (Phi) is 6.20. The number of aliphatic carboxylic acids is 1. The molecule has 32 heavy (non-hydrogen) atoms. The maximum absolute atomic E-state index is 12.9. The highest BCUT2D eigenvalue weighted by Gasteiger charge is 2.29. The van der Waals surface area contributed by atoms with Crippen LogP contribution < -0.4 is 0 Å². The van der Waals surface area contributed by atoms with Crippen LogP contribution in [0.15, 0.2) is 36.7 Å². The van der Waals surface area contributed by atoms with Crippen LogP contribution in [0.3, 0.4) is 0 Å². The lowest BCUT2D eigenvalue weighted by Gasteiger charge is -2.29. The van der Waals surface area contributed by atoms with E-state index >= 15 is 0 Å². The molecular formula is C24H27ClN4O3. The molecule has 0 fully saturated rings. The lowest BCUT2D eigenvalue weighted by molar-refractivity contribution is -0.147. The Morgan fingerprint density at radius 2 is 2.03 bits per heavy atom. The van der Waals surface area contributed by atoms with Crippen LogP contribution in [0.2, 0.25) is 5.15 Å². The van der Waals surface area contributed by atoms with Crippen LogP contribution in [-0.4, -0.2) is 43.0 Å². The topological polar surface area (TPSA) is 88.3 Å². The summed E-state index contributed by atoms with van der Waals surface area (Å²) in [5.41, 5.74) is 3.44. The number of hydrogen-bond acceptors (Lipinski definition) is 4. The van der Waals surface area contributed by atoms with Crippen molar-refractivity contribution >= 4 is 34.5 Å². The summed E-state index contributed by atoms with van der Waals surface area (Å²) < 4.78 is 2.17. The minimum atomic E-state index is -0.832. The first kappa shape index (κ1) is 22.3. The zero-order chi connectivity index (χ0) is 22.9. The smallest absolute Gasteiger partial charge is 0.309 e. The van der Waals surface area contributed by atoms with Gasteiger partial charge in [-0.25, -0.2) is 9.97 Å². The summed E-state index contributed by atoms with van der Waals surface area (Å²) in [6, 6.07) is 7.76. The van der Waals surface area contributed by atoms with E-state index < -0.39 is 11.4 Å². The fourth-order valence-corrected chi connectivity index (χ4v) is 4.38. The van der Waals surface area contributed by atoms with E-state index in [-0.39, 0.29) is 5.91 Å². The van der Waals surface area contributed by atoms with Gasteiger partial charge in [-0.05, 0) is 62.4 Å². The minimum Gasteiger partial charge on any atom is -0.481 e. The normalized spacial score (nSPS) is 13.9. The largest absolute Gasteiger partial charge is 0.481 e. The number of carbonyl (C=O) groups excluding carboxylic acids is 1. The average molecular weight is 455 g/mol. The van der Waals surface area contributed by atoms with Crippen molar-refractivity contribution < 1.29 is 14.7 Å². The third kappa shape index (κ3) is 4.48. The molecule has 0 aromatic carbocycles. The van der Waals surface area contributed by atoms with Crippen LogP contribution in [0.1, 0.15) is 49.9 Å². The fourth-order valence-electron chi connectivity index (χ4n) is 4.27. The molecule has 0 saturated heterocycles. The number of amides is 1. The standard InChI is InChI=1S/C24H27ClN4O3/c1-24(2,23(31)32)10-3-6-21(30)28-12-9-17-18-5-4-11-26-22(18)29(19(17)15-28)14-16-7-8-20(25)27-13-16/h4-5,7-8,11,13H,3,6,9-10,12,14-15H2,1-2H3,(H,31,32). The molecule has 1 aliphatic heterocycles. The molecule has 0 radical (unpaired) electrons. The number of aromatic nitrogens is 3. The molecule has 0 unspecified atom stereocenters. The summed E-state index contributed by atoms with van der Waals surface area (Å²) in [7, 11) is 0. The third-order valence-electron chi connectivity index (χ3n) is 6.27. The van der Waals surface area contributed by atoms with Crippen molar-refractivity contribution in [2.45, 2.75) is 52.6 Å². The van der Waals surface area contributed by atoms with Crippen molar-refractivity contribution in [1.82, 2.24) is 19.4 Å². The van der Waals surface area contributed by atoms with E-state index in [9.17, 15) is 14.7 Å². The number of rotatable bonds is 7. The summed E-state index contributed by atoms with van der Waals surface area (Å²) in [5.74, 6) is -0.768. The van der Waals surface area contributed by atoms with Crippen molar-refractivity contribution in [2.75, 3.05) is 6.54 Å². The quantitative estimate of drug-likeness (QED) is 0.538. The number of halogens is 1. The first-order valence-electron chi connectivity index (χ1n) is 10.8. The number of nitrogens with zero attached hydrogens (tertiary/aromatic N) is 4. The second-order valence-electron chi connectivity index (χ2n) is 8.98. The summed E-state index contributed by atoms with van der Waals surface area (Å²) in [5, 5.41) is 10.9. The van der Waals surface area contributed by atoms with Crippen molar-refractivity contribution in [1.29, 1.82) is 0 Å². The zero-order valence-corrected chi connectivity index (χ0v) is 19.1. The summed E-state index contributed by atoms with van der Waals surface area (Å²) in [6.07, 6.45) is 5.71. The molecule has 3 aromatic heterocycles. The molecule has 1 aliphatic rings. The van der Waals surface area contributed by atoms with Crippen molar-refractivity contribution in [2.24, 2.45) is 5.41 Å². The highest BCUT2D eigenvalue weighted by atomic mass is 35.5. The predicted octanol–water partition coefficient (Wildman–Crippen LogP) is 4.30. The van der Waals surface area contributed by atoms with E-state index in [0.29, 0.717) is 44.0 Å². The van der Waals surface area contributed by atoms with E-state index in [4.69, 9.17) is 11.6 Å². The molecule has 1 amide bonds. The minimum absolute atomic E-state index is 0.0646. The maximum Gasteiger partial charge on any atom is 0.309 e. The molecular weight excluding hydrogens is 428 g/mol. The molecule has 0 saturated carbocycles. The Hall–Kier alpha value is -2.93. The van der Waals surface area contributed by atoms with Crippen molar-refractivity contribution in [3.8, 4) is 0 Å². The molecule has 0 atom stereocenters. The molecule has 0 aliphatic carbocycles. The van der Waals surface area contributed by atoms with E-state index in [0.717, 1.165) is 28.7 Å². The van der Waals surface area contributed by atoms with Crippen LogP contribution in [0.5, 0.6) is 0 Å². The first-order valence-corrected chi connectivity index (χ1v) is 11.2. The van der Waals surface area contributed by atoms with E-state index in [1.54, 1.807) is 32.3 Å². The number of carbonyl (C=O) groups is 2. The number of fused-ring (bicyclic) bond motifs is 3. The number of pyridine rings is 2. The van der Waals surface area contributed by atoms with Gasteiger partial charge >= 0.3 is 5.97 Å². The molecule has 7 nitrogen and oxygen atoms in total. The van der Waals surface area contributed by atoms with Gasteiger partial charge in [0.05, 0.1) is 18.5 Å². The fraction of sp³-hybridized carbons (Fsp3) is 0.417. The van der Waals surface area contributed by atoms with Gasteiger partial charge in [0, 0.05) is 36.4 Å². The molecule has 0 spiro atoms. The molecule has 3 aromatic rings. The summed E-state index contributed by atoms with van der Waals surface area (Å²) >= 11 is 5.94. The van der Waals surface area contributed by atoms with Gasteiger partial charge < -0.3 is 14.6 Å². The Morgan fingerprint density at radius 3 is 2.75 bits per heavy atom. The lowest BCUT2D eigenvalue weighted by atomic mass is 9.87. The Morgan fingerprint density at radius 1 is 1.22 bits per heavy atom. The molecule has 168 valence electrons. The third-order valence-corrected chi connectivity index (χ3v) is 6.49. The molecule has 4 rings (SSSR count). The maximum atomic E-state index is 12.9.